The molecule has 0 fully saturated rings. The van der Waals surface area contributed by atoms with E-state index >= 15 is 0 Å². The maximum atomic E-state index is 11.8. The number of aryl methyl sites for hydroxylation is 1. The van der Waals surface area contributed by atoms with Gasteiger partial charge in [-0.15, -0.1) is 0 Å². The second-order valence-corrected chi connectivity index (χ2v) is 5.38. The number of hydrogen-bond acceptors (Lipinski definition) is 2. The summed E-state index contributed by atoms with van der Waals surface area (Å²) in [6.07, 6.45) is 0.601. The average Bonchev–Trinajstić information content (AvgIpc) is 2.30. The van der Waals surface area contributed by atoms with Crippen molar-refractivity contribution in [3.05, 3.63) is 34.9 Å². The number of carbonyl (C=O) groups excluding carboxylic acids is 1. The van der Waals surface area contributed by atoms with Crippen LogP contribution in [0.1, 0.15) is 36.5 Å². The van der Waals surface area contributed by atoms with Gasteiger partial charge in [0.1, 0.15) is 0 Å². The number of rotatable bonds is 4. The van der Waals surface area contributed by atoms with Crippen LogP contribution in [0.3, 0.4) is 0 Å². The Morgan fingerprint density at radius 2 is 1.94 bits per heavy atom. The van der Waals surface area contributed by atoms with Crippen LogP contribution in [0, 0.1) is 6.92 Å². The molecule has 0 aromatic heterocycles. The monoisotopic (exact) mass is 248 g/mol. The summed E-state index contributed by atoms with van der Waals surface area (Å²) in [5.74, 6) is 0.467. The lowest BCUT2D eigenvalue weighted by molar-refractivity contribution is -0.130. The van der Waals surface area contributed by atoms with Crippen LogP contribution in [0.25, 0.3) is 0 Å². The molecule has 0 heterocycles. The number of hydrogen-bond donors (Lipinski definition) is 1. The standard InChI is InChI=1S/C15H24N2O/c1-10(2)12-7-6-11(3)13(8-12)9-14(16)15(18)17(4)5/h6-8,10,14H,9,16H2,1-5H3. The fraction of sp³-hybridized carbons (Fsp3) is 0.533. The topological polar surface area (TPSA) is 46.3 Å². The predicted molar refractivity (Wildman–Crippen MR) is 75.6 cm³/mol. The van der Waals surface area contributed by atoms with Crippen molar-refractivity contribution in [2.75, 3.05) is 14.1 Å². The molecule has 0 spiro atoms. The Balaban J connectivity index is 2.90. The van der Waals surface area contributed by atoms with Crippen molar-refractivity contribution in [3.63, 3.8) is 0 Å². The maximum absolute atomic E-state index is 11.8. The van der Waals surface area contributed by atoms with Crippen molar-refractivity contribution < 1.29 is 4.79 Å². The zero-order valence-corrected chi connectivity index (χ0v) is 12.0. The number of likely N-dealkylation sites (N-methyl/N-ethyl adjacent to an activating group) is 1. The molecule has 1 aromatic carbocycles. The van der Waals surface area contributed by atoms with E-state index in [2.05, 4.69) is 39.0 Å². The zero-order valence-electron chi connectivity index (χ0n) is 12.0. The minimum atomic E-state index is -0.457. The van der Waals surface area contributed by atoms with E-state index in [1.807, 2.05) is 0 Å². The van der Waals surface area contributed by atoms with Crippen molar-refractivity contribution >= 4 is 5.91 Å². The first-order valence-electron chi connectivity index (χ1n) is 6.39. The van der Waals surface area contributed by atoms with Crippen molar-refractivity contribution in [3.8, 4) is 0 Å². The van der Waals surface area contributed by atoms with Gasteiger partial charge in [-0.3, -0.25) is 4.79 Å². The summed E-state index contributed by atoms with van der Waals surface area (Å²) >= 11 is 0. The Morgan fingerprint density at radius 3 is 2.44 bits per heavy atom. The molecule has 1 unspecified atom stereocenters. The molecular formula is C15H24N2O. The highest BCUT2D eigenvalue weighted by molar-refractivity contribution is 5.81. The van der Waals surface area contributed by atoms with Gasteiger partial charge in [0.05, 0.1) is 6.04 Å². The molecular weight excluding hydrogens is 224 g/mol. The van der Waals surface area contributed by atoms with E-state index in [0.29, 0.717) is 12.3 Å². The average molecular weight is 248 g/mol. The smallest absolute Gasteiger partial charge is 0.239 e. The third kappa shape index (κ3) is 3.57. The molecule has 2 N–H and O–H groups in total. The second-order valence-electron chi connectivity index (χ2n) is 5.38. The van der Waals surface area contributed by atoms with Crippen LogP contribution in [0.2, 0.25) is 0 Å². The SMILES string of the molecule is Cc1ccc(C(C)C)cc1CC(N)C(=O)N(C)C. The molecule has 1 rings (SSSR count). The number of amides is 1. The molecule has 1 aromatic rings. The third-order valence-electron chi connectivity index (χ3n) is 3.24. The minimum absolute atomic E-state index is 0.0237. The highest BCUT2D eigenvalue weighted by Crippen LogP contribution is 2.19. The summed E-state index contributed by atoms with van der Waals surface area (Å²) in [7, 11) is 3.47. The fourth-order valence-corrected chi connectivity index (χ4v) is 1.93. The summed E-state index contributed by atoms with van der Waals surface area (Å²) in [4.78, 5) is 13.3. The molecule has 0 aliphatic rings. The van der Waals surface area contributed by atoms with E-state index in [0.717, 1.165) is 0 Å². The quantitative estimate of drug-likeness (QED) is 0.886. The van der Waals surface area contributed by atoms with Gasteiger partial charge >= 0.3 is 0 Å². The zero-order chi connectivity index (χ0) is 13.9. The molecule has 0 saturated carbocycles. The molecule has 3 heteroatoms. The summed E-state index contributed by atoms with van der Waals surface area (Å²) in [5.41, 5.74) is 9.61. The van der Waals surface area contributed by atoms with Crippen molar-refractivity contribution in [2.45, 2.75) is 39.2 Å². The number of benzene rings is 1. The molecule has 100 valence electrons. The van der Waals surface area contributed by atoms with Crippen LogP contribution in [-0.4, -0.2) is 30.9 Å². The molecule has 0 radical (unpaired) electrons. The highest BCUT2D eigenvalue weighted by atomic mass is 16.2. The molecule has 1 atom stereocenters. The van der Waals surface area contributed by atoms with E-state index in [1.54, 1.807) is 19.0 Å². The normalized spacial score (nSPS) is 12.6. The number of nitrogens with two attached hydrogens (primary N) is 1. The molecule has 0 aliphatic heterocycles. The van der Waals surface area contributed by atoms with Crippen LogP contribution < -0.4 is 5.73 Å². The van der Waals surface area contributed by atoms with Crippen LogP contribution in [-0.2, 0) is 11.2 Å². The Bertz CT molecular complexity index is 425. The lowest BCUT2D eigenvalue weighted by Gasteiger charge is -2.18. The van der Waals surface area contributed by atoms with Crippen molar-refractivity contribution in [1.82, 2.24) is 4.90 Å². The van der Waals surface area contributed by atoms with Crippen LogP contribution in [0.15, 0.2) is 18.2 Å². The summed E-state index contributed by atoms with van der Waals surface area (Å²) in [5, 5.41) is 0. The Hall–Kier alpha value is -1.35. The summed E-state index contributed by atoms with van der Waals surface area (Å²) < 4.78 is 0. The highest BCUT2D eigenvalue weighted by Gasteiger charge is 2.17. The molecule has 0 saturated heterocycles. The van der Waals surface area contributed by atoms with Crippen molar-refractivity contribution in [1.29, 1.82) is 0 Å². The Kier molecular flexibility index (Phi) is 4.91. The van der Waals surface area contributed by atoms with E-state index < -0.39 is 6.04 Å². The summed E-state index contributed by atoms with van der Waals surface area (Å²) in [6.45, 7) is 6.39. The lowest BCUT2D eigenvalue weighted by atomic mass is 9.94. The number of nitrogens with zero attached hydrogens (tertiary/aromatic N) is 1. The molecule has 0 bridgehead atoms. The largest absolute Gasteiger partial charge is 0.347 e. The van der Waals surface area contributed by atoms with Gasteiger partial charge in [-0.05, 0) is 36.0 Å². The summed E-state index contributed by atoms with van der Waals surface area (Å²) in [6, 6.07) is 5.96. The Labute approximate surface area is 110 Å². The Morgan fingerprint density at radius 1 is 1.33 bits per heavy atom. The first-order valence-corrected chi connectivity index (χ1v) is 6.39. The van der Waals surface area contributed by atoms with Crippen LogP contribution in [0.5, 0.6) is 0 Å². The van der Waals surface area contributed by atoms with Gasteiger partial charge in [0.15, 0.2) is 0 Å². The second kappa shape index (κ2) is 6.01. The van der Waals surface area contributed by atoms with Crippen molar-refractivity contribution in [2.24, 2.45) is 5.73 Å². The minimum Gasteiger partial charge on any atom is -0.347 e. The first kappa shape index (κ1) is 14.7. The van der Waals surface area contributed by atoms with E-state index in [1.165, 1.54) is 16.7 Å². The third-order valence-corrected chi connectivity index (χ3v) is 3.24. The van der Waals surface area contributed by atoms with Gasteiger partial charge in [-0.2, -0.15) is 0 Å². The van der Waals surface area contributed by atoms with E-state index in [9.17, 15) is 4.79 Å². The number of carbonyl (C=O) groups is 1. The molecule has 0 aliphatic carbocycles. The van der Waals surface area contributed by atoms with Gasteiger partial charge < -0.3 is 10.6 Å². The fourth-order valence-electron chi connectivity index (χ4n) is 1.93. The van der Waals surface area contributed by atoms with E-state index in [4.69, 9.17) is 5.73 Å². The van der Waals surface area contributed by atoms with Gasteiger partial charge in [0.2, 0.25) is 5.91 Å². The van der Waals surface area contributed by atoms with Gasteiger partial charge in [-0.1, -0.05) is 32.0 Å². The van der Waals surface area contributed by atoms with Gasteiger partial charge in [-0.25, -0.2) is 0 Å². The lowest BCUT2D eigenvalue weighted by Crippen LogP contribution is -2.41. The van der Waals surface area contributed by atoms with Gasteiger partial charge in [0, 0.05) is 14.1 Å². The maximum Gasteiger partial charge on any atom is 0.239 e. The first-order chi connectivity index (χ1) is 8.32. The van der Waals surface area contributed by atoms with Gasteiger partial charge in [0.25, 0.3) is 0 Å². The van der Waals surface area contributed by atoms with Crippen LogP contribution >= 0.6 is 0 Å². The molecule has 3 nitrogen and oxygen atoms in total. The van der Waals surface area contributed by atoms with Crippen LogP contribution in [0.4, 0.5) is 0 Å². The van der Waals surface area contributed by atoms with E-state index in [-0.39, 0.29) is 5.91 Å². The molecule has 1 amide bonds. The predicted octanol–water partition coefficient (Wildman–Crippen LogP) is 2.08. The molecule has 18 heavy (non-hydrogen) atoms.